The number of hydrogen-bond acceptors (Lipinski definition) is 9. The number of aromatic nitrogens is 2. The summed E-state index contributed by atoms with van der Waals surface area (Å²) < 4.78 is 16.6. The van der Waals surface area contributed by atoms with E-state index in [-0.39, 0.29) is 5.56 Å². The molecule has 11 nitrogen and oxygen atoms in total. The molecule has 1 aromatic carbocycles. The fraction of sp³-hybridized carbons (Fsp3) is 0.333. The van der Waals surface area contributed by atoms with Crippen LogP contribution in [0.1, 0.15) is 40.3 Å². The lowest BCUT2D eigenvalue weighted by molar-refractivity contribution is -0.671. The quantitative estimate of drug-likeness (QED) is 0.203. The third kappa shape index (κ3) is 4.87. The van der Waals surface area contributed by atoms with Crippen LogP contribution >= 0.6 is 11.8 Å². The Bertz CT molecular complexity index is 1460. The van der Waals surface area contributed by atoms with E-state index in [1.165, 1.54) is 16.7 Å². The number of thioether (sulfide) groups is 1. The smallest absolute Gasteiger partial charge is 0.347 e. The summed E-state index contributed by atoms with van der Waals surface area (Å²) in [5.74, 6) is -1.90. The van der Waals surface area contributed by atoms with E-state index in [0.29, 0.717) is 22.6 Å². The SMILES string of the molecule is Cc1onc(-c2ccccc2)c1C(=O)N[C@H]1C(=O)N2[C@H]1SC(C)(C)[C@H]2C(=O)OCOC(=O)c1ccc[n+](C)c1. The summed E-state index contributed by atoms with van der Waals surface area (Å²) in [6.07, 6.45) is 3.35. The van der Waals surface area contributed by atoms with Gasteiger partial charge >= 0.3 is 11.9 Å². The zero-order valence-corrected chi connectivity index (χ0v) is 22.6. The summed E-state index contributed by atoms with van der Waals surface area (Å²) in [6, 6.07) is 10.7. The van der Waals surface area contributed by atoms with Gasteiger partial charge in [0, 0.05) is 16.4 Å². The number of nitrogens with one attached hydrogen (secondary N) is 1. The minimum Gasteiger partial charge on any atom is -0.426 e. The van der Waals surface area contributed by atoms with E-state index in [0.717, 1.165) is 0 Å². The lowest BCUT2D eigenvalue weighted by Crippen LogP contribution is -2.70. The summed E-state index contributed by atoms with van der Waals surface area (Å²) in [5, 5.41) is 6.36. The lowest BCUT2D eigenvalue weighted by atomic mass is 9.95. The zero-order valence-electron chi connectivity index (χ0n) is 21.7. The Kier molecular flexibility index (Phi) is 6.89. The minimum absolute atomic E-state index is 0.250. The van der Waals surface area contributed by atoms with Gasteiger partial charge in [-0.2, -0.15) is 0 Å². The first kappa shape index (κ1) is 26.4. The molecule has 2 saturated heterocycles. The van der Waals surface area contributed by atoms with Gasteiger partial charge in [0.05, 0.1) is 0 Å². The highest BCUT2D eigenvalue weighted by atomic mass is 32.2. The predicted octanol–water partition coefficient (Wildman–Crippen LogP) is 1.99. The Balaban J connectivity index is 1.23. The molecule has 5 rings (SSSR count). The first-order valence-electron chi connectivity index (χ1n) is 12.2. The van der Waals surface area contributed by atoms with Gasteiger partial charge < -0.3 is 24.2 Å². The van der Waals surface area contributed by atoms with Gasteiger partial charge in [-0.3, -0.25) is 9.59 Å². The van der Waals surface area contributed by atoms with Crippen molar-refractivity contribution in [2.24, 2.45) is 7.05 Å². The molecule has 2 fully saturated rings. The molecule has 2 aliphatic heterocycles. The van der Waals surface area contributed by atoms with E-state index in [9.17, 15) is 19.2 Å². The van der Waals surface area contributed by atoms with E-state index >= 15 is 0 Å². The first-order chi connectivity index (χ1) is 18.6. The van der Waals surface area contributed by atoms with Gasteiger partial charge in [0.2, 0.25) is 12.7 Å². The van der Waals surface area contributed by atoms with Crippen LogP contribution in [0.25, 0.3) is 11.3 Å². The molecule has 0 aliphatic carbocycles. The summed E-state index contributed by atoms with van der Waals surface area (Å²) in [7, 11) is 1.77. The highest BCUT2D eigenvalue weighted by Crippen LogP contribution is 2.51. The molecule has 1 N–H and O–H groups in total. The van der Waals surface area contributed by atoms with E-state index < -0.39 is 52.8 Å². The summed E-state index contributed by atoms with van der Waals surface area (Å²) in [4.78, 5) is 53.0. The van der Waals surface area contributed by atoms with E-state index in [1.54, 1.807) is 43.1 Å². The number of amides is 2. The highest BCUT2D eigenvalue weighted by molar-refractivity contribution is 8.01. The Labute approximate surface area is 228 Å². The van der Waals surface area contributed by atoms with Crippen molar-refractivity contribution in [3.63, 3.8) is 0 Å². The number of β-lactam (4-membered cyclic amide) rings is 1. The molecule has 2 aromatic heterocycles. The number of rotatable bonds is 7. The van der Waals surface area contributed by atoms with Crippen LogP contribution in [0.4, 0.5) is 0 Å². The number of pyridine rings is 1. The van der Waals surface area contributed by atoms with Crippen LogP contribution in [0.3, 0.4) is 0 Å². The van der Waals surface area contributed by atoms with Crippen LogP contribution in [0.5, 0.6) is 0 Å². The summed E-state index contributed by atoms with van der Waals surface area (Å²) in [6.45, 7) is 4.69. The average molecular weight is 552 g/mol. The van der Waals surface area contributed by atoms with Gasteiger partial charge in [-0.15, -0.1) is 11.8 Å². The second-order valence-electron chi connectivity index (χ2n) is 9.81. The van der Waals surface area contributed by atoms with Gasteiger partial charge in [0.25, 0.3) is 5.91 Å². The largest absolute Gasteiger partial charge is 0.426 e. The number of nitrogens with zero attached hydrogens (tertiary/aromatic N) is 3. The van der Waals surface area contributed by atoms with Gasteiger partial charge in [0.1, 0.15) is 47.1 Å². The van der Waals surface area contributed by atoms with Crippen LogP contribution in [-0.4, -0.2) is 62.8 Å². The van der Waals surface area contributed by atoms with Crippen LogP contribution in [0.2, 0.25) is 0 Å². The van der Waals surface area contributed by atoms with Crippen LogP contribution in [-0.2, 0) is 26.1 Å². The van der Waals surface area contributed by atoms with Crippen molar-refractivity contribution in [1.82, 2.24) is 15.4 Å². The van der Waals surface area contributed by atoms with Crippen LogP contribution in [0.15, 0.2) is 59.4 Å². The number of carbonyl (C=O) groups excluding carboxylic acids is 4. The molecular weight excluding hydrogens is 524 g/mol. The third-order valence-corrected chi connectivity index (χ3v) is 8.23. The monoisotopic (exact) mass is 551 g/mol. The highest BCUT2D eigenvalue weighted by Gasteiger charge is 2.64. The molecule has 0 unspecified atom stereocenters. The first-order valence-corrected chi connectivity index (χ1v) is 13.1. The van der Waals surface area contributed by atoms with Crippen LogP contribution in [0, 0.1) is 6.92 Å². The van der Waals surface area contributed by atoms with Gasteiger partial charge in [-0.25, -0.2) is 14.2 Å². The van der Waals surface area contributed by atoms with E-state index in [1.807, 2.05) is 44.2 Å². The molecule has 2 amide bonds. The predicted molar refractivity (Wildman–Crippen MR) is 138 cm³/mol. The van der Waals surface area contributed by atoms with Gasteiger partial charge in [-0.1, -0.05) is 35.5 Å². The van der Waals surface area contributed by atoms with Crippen molar-refractivity contribution in [3.05, 3.63) is 71.7 Å². The Morgan fingerprint density at radius 1 is 1.15 bits per heavy atom. The van der Waals surface area contributed by atoms with Crippen LogP contribution < -0.4 is 9.88 Å². The molecule has 202 valence electrons. The molecule has 39 heavy (non-hydrogen) atoms. The van der Waals surface area contributed by atoms with Crippen molar-refractivity contribution in [3.8, 4) is 11.3 Å². The molecule has 12 heteroatoms. The number of carbonyl (C=O) groups is 4. The maximum atomic E-state index is 13.2. The molecular formula is C27H27N4O7S+. The number of benzene rings is 1. The minimum atomic E-state index is -0.918. The number of hydrogen-bond donors (Lipinski definition) is 1. The number of fused-ring (bicyclic) bond motifs is 1. The topological polar surface area (TPSA) is 132 Å². The average Bonchev–Trinajstić information content (AvgIpc) is 3.42. The fourth-order valence-corrected chi connectivity index (χ4v) is 6.41. The van der Waals surface area contributed by atoms with Gasteiger partial charge in [-0.05, 0) is 26.8 Å². The summed E-state index contributed by atoms with van der Waals surface area (Å²) >= 11 is 1.39. The second-order valence-corrected chi connectivity index (χ2v) is 11.6. The molecule has 2 aliphatic rings. The standard InChI is InChI=1S/C27H26N4O7S/c1-15-18(19(29-38-15)16-9-6-5-7-10-16)22(32)28-20-23(33)31-21(27(2,3)39-24(20)31)26(35)37-14-36-25(34)17-11-8-12-30(4)13-17/h5-13,20-21,24H,14H2,1-4H3/p+1/t20-,21+,24-/m0/s1. The molecule has 0 saturated carbocycles. The Morgan fingerprint density at radius 2 is 1.90 bits per heavy atom. The third-order valence-electron chi connectivity index (χ3n) is 6.65. The molecule has 3 aromatic rings. The molecule has 0 radical (unpaired) electrons. The van der Waals surface area contributed by atoms with Crippen molar-refractivity contribution >= 4 is 35.5 Å². The molecule has 0 bridgehead atoms. The summed E-state index contributed by atoms with van der Waals surface area (Å²) in [5.41, 5.74) is 1.65. The van der Waals surface area contributed by atoms with Crippen molar-refractivity contribution in [1.29, 1.82) is 0 Å². The Hall–Kier alpha value is -4.19. The maximum absolute atomic E-state index is 13.2. The zero-order chi connectivity index (χ0) is 27.9. The second kappa shape index (κ2) is 10.2. The van der Waals surface area contributed by atoms with E-state index in [2.05, 4.69) is 10.5 Å². The number of ether oxygens (including phenoxy) is 2. The lowest BCUT2D eigenvalue weighted by Gasteiger charge is -2.43. The fourth-order valence-electron chi connectivity index (χ4n) is 4.78. The van der Waals surface area contributed by atoms with Gasteiger partial charge in [0.15, 0.2) is 12.4 Å². The van der Waals surface area contributed by atoms with Crippen molar-refractivity contribution in [2.75, 3.05) is 6.79 Å². The normalized spacial score (nSPS) is 21.1. The Morgan fingerprint density at radius 3 is 2.62 bits per heavy atom. The maximum Gasteiger partial charge on any atom is 0.347 e. The van der Waals surface area contributed by atoms with E-state index in [4.69, 9.17) is 14.0 Å². The molecule has 0 spiro atoms. The van der Waals surface area contributed by atoms with Crippen molar-refractivity contribution in [2.45, 2.75) is 43.0 Å². The van der Waals surface area contributed by atoms with Crippen molar-refractivity contribution < 1.29 is 37.7 Å². The number of esters is 2. The molecule has 4 heterocycles. The molecule has 3 atom stereocenters. The number of aryl methyl sites for hydroxylation is 2.